The number of amides is 4. The maximum atomic E-state index is 13.5. The molecule has 0 spiro atoms. The van der Waals surface area contributed by atoms with Crippen molar-refractivity contribution in [1.29, 1.82) is 0 Å². The molecular weight excluding hydrogens is 612 g/mol. The number of furan rings is 1. The number of carbonyl (C=O) groups is 3. The summed E-state index contributed by atoms with van der Waals surface area (Å²) in [6.45, 7) is 0. The van der Waals surface area contributed by atoms with Crippen molar-refractivity contribution in [3.63, 3.8) is 0 Å². The molecule has 0 radical (unpaired) electrons. The summed E-state index contributed by atoms with van der Waals surface area (Å²) in [5.41, 5.74) is 1.79. The molecule has 8 rings (SSSR count). The van der Waals surface area contributed by atoms with Gasteiger partial charge in [0.1, 0.15) is 11.3 Å². The Labute approximate surface area is 249 Å². The van der Waals surface area contributed by atoms with E-state index in [4.69, 9.17) is 16.0 Å². The third-order valence-corrected chi connectivity index (χ3v) is 11.0. The molecule has 5 fully saturated rings. The molecule has 0 atom stereocenters. The van der Waals surface area contributed by atoms with Crippen molar-refractivity contribution >= 4 is 68.9 Å². The maximum absolute atomic E-state index is 13.5. The Morgan fingerprint density at radius 3 is 2.20 bits per heavy atom. The number of halogens is 2. The Morgan fingerprint density at radius 1 is 0.950 bits per heavy atom. The molecular formula is C31H26BrClN2O4S. The van der Waals surface area contributed by atoms with Crippen LogP contribution in [-0.4, -0.2) is 17.8 Å². The van der Waals surface area contributed by atoms with Crippen LogP contribution in [0.2, 0.25) is 5.02 Å². The van der Waals surface area contributed by atoms with Crippen molar-refractivity contribution in [3.05, 3.63) is 81.0 Å². The lowest BCUT2D eigenvalue weighted by Crippen LogP contribution is -2.54. The minimum Gasteiger partial charge on any atom is -0.449 e. The molecule has 5 aliphatic rings. The Kier molecular flexibility index (Phi) is 6.48. The van der Waals surface area contributed by atoms with Crippen molar-refractivity contribution in [1.82, 2.24) is 5.32 Å². The molecule has 4 saturated carbocycles. The van der Waals surface area contributed by atoms with Crippen LogP contribution in [0, 0.1) is 17.8 Å². The van der Waals surface area contributed by atoms with Gasteiger partial charge in [-0.15, -0.1) is 0 Å². The fourth-order valence-corrected chi connectivity index (χ4v) is 9.04. The lowest BCUT2D eigenvalue weighted by atomic mass is 9.48. The molecule has 4 amide bonds. The van der Waals surface area contributed by atoms with Gasteiger partial charge in [-0.2, -0.15) is 0 Å². The van der Waals surface area contributed by atoms with Gasteiger partial charge in [0.2, 0.25) is 0 Å². The average Bonchev–Trinajstić information content (AvgIpc) is 3.25. The minimum absolute atomic E-state index is 0.172. The summed E-state index contributed by atoms with van der Waals surface area (Å²) in [6.07, 6.45) is 9.20. The van der Waals surface area contributed by atoms with Crippen LogP contribution in [0.4, 0.5) is 10.5 Å². The fourth-order valence-electron chi connectivity index (χ4n) is 7.58. The van der Waals surface area contributed by atoms with Gasteiger partial charge in [0.15, 0.2) is 5.09 Å². The van der Waals surface area contributed by atoms with Crippen molar-refractivity contribution in [2.24, 2.45) is 17.8 Å². The topological polar surface area (TPSA) is 79.6 Å². The van der Waals surface area contributed by atoms with Crippen LogP contribution in [0.15, 0.2) is 79.0 Å². The van der Waals surface area contributed by atoms with Gasteiger partial charge in [-0.05, 0) is 132 Å². The minimum atomic E-state index is -0.755. The number of hydrogen-bond acceptors (Lipinski definition) is 5. The summed E-state index contributed by atoms with van der Waals surface area (Å²) < 4.78 is 6.60. The molecule has 6 nitrogen and oxygen atoms in total. The Balaban J connectivity index is 1.13. The summed E-state index contributed by atoms with van der Waals surface area (Å²) in [4.78, 5) is 40.9. The average molecular weight is 638 g/mol. The number of carbonyl (C=O) groups excluding carboxylic acids is 3. The normalized spacial score (nSPS) is 28.4. The van der Waals surface area contributed by atoms with Crippen molar-refractivity contribution in [2.45, 2.75) is 53.9 Å². The number of urea groups is 1. The van der Waals surface area contributed by atoms with Gasteiger partial charge in [-0.25, -0.2) is 9.69 Å². The monoisotopic (exact) mass is 636 g/mol. The lowest BCUT2D eigenvalue weighted by molar-refractivity contribution is -0.122. The number of imide groups is 2. The number of barbiturate groups is 1. The molecule has 3 aromatic rings. The molecule has 1 saturated heterocycles. The molecule has 2 heterocycles. The molecule has 4 aliphatic carbocycles. The second kappa shape index (κ2) is 9.93. The number of nitrogens with zero attached hydrogens (tertiary/aromatic N) is 1. The first-order valence-electron chi connectivity index (χ1n) is 13.5. The summed E-state index contributed by atoms with van der Waals surface area (Å²) in [6, 6.07) is 16.1. The smallest absolute Gasteiger partial charge is 0.335 e. The third-order valence-electron chi connectivity index (χ3n) is 8.86. The fraction of sp³-hybridized carbons (Fsp3) is 0.323. The largest absolute Gasteiger partial charge is 0.449 e. The first-order chi connectivity index (χ1) is 19.3. The predicted molar refractivity (Wildman–Crippen MR) is 157 cm³/mol. The van der Waals surface area contributed by atoms with Gasteiger partial charge < -0.3 is 4.42 Å². The highest BCUT2D eigenvalue weighted by Gasteiger charge is 2.51. The SMILES string of the molecule is O=C1NC(=O)N(c2ccc(C34CC5CC(CC(C5)C3)C4)cc2)C(=O)/C1=C/c1cc(Br)c(Sc2ccc(Cl)cc2)o1. The van der Waals surface area contributed by atoms with Crippen LogP contribution < -0.4 is 10.2 Å². The first kappa shape index (κ1) is 26.1. The van der Waals surface area contributed by atoms with Crippen molar-refractivity contribution in [2.75, 3.05) is 4.90 Å². The Bertz CT molecular complexity index is 1530. The molecule has 1 aromatic heterocycles. The second-order valence-electron chi connectivity index (χ2n) is 11.5. The van der Waals surface area contributed by atoms with Gasteiger partial charge in [0.25, 0.3) is 11.8 Å². The van der Waals surface area contributed by atoms with Crippen LogP contribution >= 0.6 is 39.3 Å². The van der Waals surface area contributed by atoms with Crippen LogP contribution in [0.3, 0.4) is 0 Å². The third kappa shape index (κ3) is 4.64. The molecule has 0 unspecified atom stereocenters. The zero-order chi connectivity index (χ0) is 27.6. The molecule has 2 aromatic carbocycles. The van der Waals surface area contributed by atoms with E-state index in [1.165, 1.54) is 61.9 Å². The molecule has 9 heteroatoms. The summed E-state index contributed by atoms with van der Waals surface area (Å²) in [5, 5.41) is 3.50. The van der Waals surface area contributed by atoms with E-state index in [9.17, 15) is 14.4 Å². The van der Waals surface area contributed by atoms with E-state index in [1.54, 1.807) is 18.2 Å². The van der Waals surface area contributed by atoms with E-state index in [2.05, 4.69) is 33.4 Å². The molecule has 204 valence electrons. The second-order valence-corrected chi connectivity index (χ2v) is 13.9. The quantitative estimate of drug-likeness (QED) is 0.227. The van der Waals surface area contributed by atoms with E-state index in [-0.39, 0.29) is 11.0 Å². The number of nitrogens with one attached hydrogen (secondary N) is 1. The Morgan fingerprint density at radius 2 is 1.57 bits per heavy atom. The highest BCUT2D eigenvalue weighted by Crippen LogP contribution is 2.60. The molecule has 1 aliphatic heterocycles. The number of benzene rings is 2. The van der Waals surface area contributed by atoms with Gasteiger partial charge in [0.05, 0.1) is 10.2 Å². The Hall–Kier alpha value is -2.81. The summed E-state index contributed by atoms with van der Waals surface area (Å²) in [5.74, 6) is 1.35. The summed E-state index contributed by atoms with van der Waals surface area (Å²) in [7, 11) is 0. The van der Waals surface area contributed by atoms with Gasteiger partial charge in [-0.1, -0.05) is 35.5 Å². The number of hydrogen-bond donors (Lipinski definition) is 1. The van der Waals surface area contributed by atoms with Gasteiger partial charge in [0, 0.05) is 9.92 Å². The molecule has 4 bridgehead atoms. The van der Waals surface area contributed by atoms with Gasteiger partial charge in [-0.3, -0.25) is 14.9 Å². The summed E-state index contributed by atoms with van der Waals surface area (Å²) >= 11 is 10.8. The molecule has 1 N–H and O–H groups in total. The van der Waals surface area contributed by atoms with Gasteiger partial charge >= 0.3 is 6.03 Å². The predicted octanol–water partition coefficient (Wildman–Crippen LogP) is 7.98. The number of rotatable bonds is 5. The zero-order valence-electron chi connectivity index (χ0n) is 21.5. The highest BCUT2D eigenvalue weighted by molar-refractivity contribution is 9.10. The van der Waals surface area contributed by atoms with Crippen molar-refractivity contribution in [3.8, 4) is 0 Å². The van der Waals surface area contributed by atoms with E-state index < -0.39 is 17.8 Å². The standard InChI is InChI=1S/C31H26BrClN2O4S/c32-26-13-23(39-29(26)40-24-7-3-21(33)4-8-24)12-25-27(36)34-30(38)35(28(25)37)22-5-1-20(2-6-22)31-14-17-9-18(15-31)11-19(10-17)16-31/h1-8,12-13,17-19H,9-11,14-16H2,(H,34,36,38)/b25-12+. The lowest BCUT2D eigenvalue weighted by Gasteiger charge is -2.57. The van der Waals surface area contributed by atoms with Crippen LogP contribution in [0.1, 0.15) is 49.8 Å². The first-order valence-corrected chi connectivity index (χ1v) is 15.5. The number of anilines is 1. The molecule has 40 heavy (non-hydrogen) atoms. The van der Waals surface area contributed by atoms with Crippen LogP contribution in [0.25, 0.3) is 6.08 Å². The zero-order valence-corrected chi connectivity index (χ0v) is 24.7. The maximum Gasteiger partial charge on any atom is 0.335 e. The van der Waals surface area contributed by atoms with E-state index >= 15 is 0 Å². The van der Waals surface area contributed by atoms with E-state index in [1.807, 2.05) is 24.3 Å². The van der Waals surface area contributed by atoms with E-state index in [0.717, 1.165) is 27.5 Å². The highest BCUT2D eigenvalue weighted by atomic mass is 79.9. The van der Waals surface area contributed by atoms with Crippen LogP contribution in [0.5, 0.6) is 0 Å². The van der Waals surface area contributed by atoms with Crippen LogP contribution in [-0.2, 0) is 15.0 Å². The van der Waals surface area contributed by atoms with E-state index in [0.29, 0.717) is 26.0 Å². The van der Waals surface area contributed by atoms with Crippen molar-refractivity contribution < 1.29 is 18.8 Å².